The molecule has 28 heteroatoms. The number of carbonyl (C=O) groups is 1. The van der Waals surface area contributed by atoms with E-state index in [1.54, 1.807) is 10.9 Å². The molecule has 7 aromatic carbocycles. The topological polar surface area (TPSA) is 356 Å². The van der Waals surface area contributed by atoms with Crippen LogP contribution in [0.25, 0.3) is 166 Å². The van der Waals surface area contributed by atoms with Gasteiger partial charge in [0.2, 0.25) is 21.9 Å². The van der Waals surface area contributed by atoms with E-state index in [1.165, 1.54) is 5.56 Å². The summed E-state index contributed by atoms with van der Waals surface area (Å²) >= 11 is 0. The Bertz CT molecular complexity index is 7310. The fraction of sp³-hybridized carbons (Fsp3) is 0.220. The van der Waals surface area contributed by atoms with Gasteiger partial charge in [-0.2, -0.15) is 10.2 Å². The summed E-state index contributed by atoms with van der Waals surface area (Å²) in [5.41, 5.74) is 35.0. The zero-order valence-electron chi connectivity index (χ0n) is 68.3. The van der Waals surface area contributed by atoms with E-state index in [0.29, 0.717) is 30.5 Å². The lowest BCUT2D eigenvalue weighted by Crippen LogP contribution is -2.19. The van der Waals surface area contributed by atoms with Crippen LogP contribution in [0.5, 0.6) is 0 Å². The number of fused-ring (bicyclic) bond motifs is 7. The summed E-state index contributed by atoms with van der Waals surface area (Å²) in [6.07, 6.45) is 11.8. The number of anilines is 2. The molecule has 6 N–H and O–H groups in total. The van der Waals surface area contributed by atoms with Crippen LogP contribution in [-0.2, 0) is 35.3 Å². The molecule has 596 valence electrons. The lowest BCUT2D eigenvalue weighted by atomic mass is 9.90. The summed E-state index contributed by atoms with van der Waals surface area (Å²) in [5, 5.41) is 29.9. The van der Waals surface area contributed by atoms with Crippen LogP contribution in [0.3, 0.4) is 0 Å². The van der Waals surface area contributed by atoms with Crippen LogP contribution in [0, 0.1) is 90.0 Å². The molecule has 13 heterocycles. The standard InChI is InChI=1S/C26H22N6O.C25H23N5O3S.C22H20N4O2.C18H19N5O/c1-14-7-8-21-19(6-5-9-27-21)23(14)20-10-17(24-15(2)31-33-16(24)3)11-22-25(20)30-26(29-22)18-12-28-32(4)13-18;1-13-6-9-20-18(5-4-10-26-20)22(13)19-11-16(23-14(2)29-33-15(23)3)12-21-24(19)28-25(27-21)30-34(31,32)17-7-8-17;1-11-21(12(2)28-26-11)14-9-17(22-19(10-14)23-13(3)24-22)15-5-4-6-18-16(15)7-8-20(27)25-18;1-9-8-19-23(5)18(9)14-6-13(16-10(2)22-24-11(16)3)7-15-17(14)21-12(4)20-15/h5-13H,1-4H3,(H,29,30);4-6,9-12,17H,7-8H2,1-3H3,(H2,27,28,30);4-6,9-10H,7-8H2,1-3H3,(H,23,24)(H,25,27);6-8H,1-5H3,(H,20,21). The smallest absolute Gasteiger partial charge is 0.237 e. The molecule has 1 saturated carbocycles. The molecule has 12 aromatic heterocycles. The molecule has 1 aliphatic carbocycles. The molecule has 0 saturated heterocycles. The predicted octanol–water partition coefficient (Wildman–Crippen LogP) is 19.6. The number of aryl methyl sites for hydroxylation is 15. The average Bonchev–Trinajstić information content (AvgIpc) is 1.72. The monoisotopic (exact) mass is 1600 g/mol. The molecule has 0 unspecified atom stereocenters. The molecule has 1 amide bonds. The lowest BCUT2D eigenvalue weighted by molar-refractivity contribution is -0.116. The summed E-state index contributed by atoms with van der Waals surface area (Å²) in [6.45, 7) is 25.7. The van der Waals surface area contributed by atoms with Crippen molar-refractivity contribution in [2.45, 2.75) is 121 Å². The number of sulfonamides is 1. The van der Waals surface area contributed by atoms with E-state index < -0.39 is 10.0 Å². The molecule has 119 heavy (non-hydrogen) atoms. The largest absolute Gasteiger partial charge is 0.361 e. The number of imidazole rings is 4. The third-order valence-corrected chi connectivity index (χ3v) is 24.1. The van der Waals surface area contributed by atoms with Crippen molar-refractivity contribution < 1.29 is 31.3 Å². The molecule has 19 aromatic rings. The van der Waals surface area contributed by atoms with Crippen LogP contribution < -0.4 is 10.0 Å². The maximum atomic E-state index is 12.6. The molecular formula is C91H84N20O7S. The van der Waals surface area contributed by atoms with Gasteiger partial charge in [-0.15, -0.1) is 0 Å². The first-order valence-corrected chi connectivity index (χ1v) is 40.7. The van der Waals surface area contributed by atoms with E-state index >= 15 is 0 Å². The van der Waals surface area contributed by atoms with Crippen molar-refractivity contribution in [3.63, 3.8) is 0 Å². The first-order chi connectivity index (χ1) is 57.3. The Kier molecular flexibility index (Phi) is 19.0. The minimum absolute atomic E-state index is 0.0647. The van der Waals surface area contributed by atoms with Gasteiger partial charge in [0.25, 0.3) is 0 Å². The maximum Gasteiger partial charge on any atom is 0.237 e. The van der Waals surface area contributed by atoms with Gasteiger partial charge < -0.3 is 43.3 Å². The van der Waals surface area contributed by atoms with Crippen molar-refractivity contribution in [3.05, 3.63) is 226 Å². The number of H-pyrrole nitrogens is 4. The Morgan fingerprint density at radius 2 is 0.916 bits per heavy atom. The Morgan fingerprint density at radius 1 is 0.445 bits per heavy atom. The number of hydrogen-bond acceptors (Lipinski definition) is 19. The molecular weight excluding hydrogens is 1520 g/mol. The van der Waals surface area contributed by atoms with Gasteiger partial charge in [0.05, 0.1) is 107 Å². The van der Waals surface area contributed by atoms with Crippen LogP contribution >= 0.6 is 0 Å². The van der Waals surface area contributed by atoms with E-state index in [2.05, 4.69) is 163 Å². The SMILES string of the molecule is Cc1ccc2ncccc2c1-c1cc(-c2c(C)noc2C)cc2[nH]c(-c3cnn(C)c3)nc12.Cc1ccc2ncccc2c1-c1cc(-c2c(C)noc2C)cc2[nH]c(NS(=O)(=O)C3CC3)nc12.Cc1nc2c(-c3c(C)cnn3C)cc(-c3c(C)noc3C)cc2[nH]1.Cc1nc2c(-c3cccc4c3CCC(=O)N4)cc(-c3c(C)noc3C)cc2[nH]1. The fourth-order valence-corrected chi connectivity index (χ4v) is 18.1. The quantitative estimate of drug-likeness (QED) is 0.0661. The van der Waals surface area contributed by atoms with Gasteiger partial charge in [-0.05, 0) is 249 Å². The number of aromatic amines is 4. The summed E-state index contributed by atoms with van der Waals surface area (Å²) in [7, 11) is 0.403. The fourth-order valence-electron chi connectivity index (χ4n) is 16.8. The van der Waals surface area contributed by atoms with E-state index in [-0.39, 0.29) is 17.1 Å². The Morgan fingerprint density at radius 3 is 1.39 bits per heavy atom. The van der Waals surface area contributed by atoms with Crippen LogP contribution in [-0.4, -0.2) is 110 Å². The highest BCUT2D eigenvalue weighted by Gasteiger charge is 2.37. The van der Waals surface area contributed by atoms with Gasteiger partial charge in [0.1, 0.15) is 40.5 Å². The highest BCUT2D eigenvalue weighted by Crippen LogP contribution is 2.46. The van der Waals surface area contributed by atoms with E-state index in [9.17, 15) is 13.2 Å². The van der Waals surface area contributed by atoms with Gasteiger partial charge >= 0.3 is 0 Å². The summed E-state index contributed by atoms with van der Waals surface area (Å²) in [5.74, 6) is 5.94. The molecule has 0 radical (unpaired) electrons. The van der Waals surface area contributed by atoms with Crippen molar-refractivity contribution in [2.75, 3.05) is 10.0 Å². The van der Waals surface area contributed by atoms with Gasteiger partial charge in [0.15, 0.2) is 0 Å². The number of rotatable bonds is 12. The number of aromatic nitrogens is 18. The van der Waals surface area contributed by atoms with Crippen LogP contribution in [0.15, 0.2) is 164 Å². The summed E-state index contributed by atoms with van der Waals surface area (Å²) < 4.78 is 53.1. The van der Waals surface area contributed by atoms with E-state index in [0.717, 1.165) is 241 Å². The summed E-state index contributed by atoms with van der Waals surface area (Å²) in [4.78, 5) is 53.5. The van der Waals surface area contributed by atoms with E-state index in [1.807, 2.05) is 161 Å². The number of carbonyl (C=O) groups excluding carboxylic acids is 1. The number of pyridine rings is 2. The van der Waals surface area contributed by atoms with Crippen molar-refractivity contribution in [2.24, 2.45) is 14.1 Å². The van der Waals surface area contributed by atoms with Crippen molar-refractivity contribution in [3.8, 4) is 101 Å². The molecule has 1 fully saturated rings. The number of amides is 1. The van der Waals surface area contributed by atoms with Crippen molar-refractivity contribution in [1.82, 2.24) is 90.0 Å². The Hall–Kier alpha value is -14.3. The highest BCUT2D eigenvalue weighted by atomic mass is 32.2. The molecule has 0 spiro atoms. The van der Waals surface area contributed by atoms with Crippen molar-refractivity contribution >= 4 is 93.5 Å². The second-order valence-electron chi connectivity index (χ2n) is 30.9. The second kappa shape index (κ2) is 29.8. The third kappa shape index (κ3) is 14.0. The van der Waals surface area contributed by atoms with Gasteiger partial charge in [-0.25, -0.2) is 28.4 Å². The molecule has 2 aliphatic rings. The molecule has 27 nitrogen and oxygen atoms in total. The maximum absolute atomic E-state index is 12.6. The normalized spacial score (nSPS) is 12.8. The highest BCUT2D eigenvalue weighted by molar-refractivity contribution is 7.93. The Balaban J connectivity index is 0.000000110. The zero-order chi connectivity index (χ0) is 82.7. The van der Waals surface area contributed by atoms with E-state index in [4.69, 9.17) is 33.0 Å². The number of nitrogens with zero attached hydrogens (tertiary/aromatic N) is 14. The lowest BCUT2D eigenvalue weighted by Gasteiger charge is -2.20. The number of hydrogen-bond donors (Lipinski definition) is 6. The summed E-state index contributed by atoms with van der Waals surface area (Å²) in [6, 6.07) is 39.2. The molecule has 0 atom stereocenters. The van der Waals surface area contributed by atoms with Gasteiger partial charge in [0, 0.05) is 100 Å². The zero-order valence-corrected chi connectivity index (χ0v) is 69.1. The molecule has 1 aliphatic heterocycles. The average molecular weight is 1600 g/mol. The molecule has 21 rings (SSSR count). The van der Waals surface area contributed by atoms with Crippen LogP contribution in [0.2, 0.25) is 0 Å². The number of benzene rings is 7. The first kappa shape index (κ1) is 76.0. The van der Waals surface area contributed by atoms with Gasteiger partial charge in [-0.1, -0.05) is 57.0 Å². The van der Waals surface area contributed by atoms with Crippen molar-refractivity contribution in [1.29, 1.82) is 0 Å². The first-order valence-electron chi connectivity index (χ1n) is 39.2. The van der Waals surface area contributed by atoms with Crippen LogP contribution in [0.4, 0.5) is 11.6 Å². The molecule has 0 bridgehead atoms. The second-order valence-corrected chi connectivity index (χ2v) is 32.8. The van der Waals surface area contributed by atoms with Crippen LogP contribution in [0.1, 0.15) is 99.0 Å². The predicted molar refractivity (Wildman–Crippen MR) is 462 cm³/mol. The third-order valence-electron chi connectivity index (χ3n) is 22.3. The minimum Gasteiger partial charge on any atom is -0.361 e. The number of nitrogens with one attached hydrogen (secondary N) is 6. The minimum atomic E-state index is -3.45. The Labute approximate surface area is 682 Å². The van der Waals surface area contributed by atoms with Gasteiger partial charge in [-0.3, -0.25) is 28.8 Å².